The molecule has 304 valence electrons. The van der Waals surface area contributed by atoms with Gasteiger partial charge in [0.05, 0.1) is 5.56 Å². The Hall–Kier alpha value is -4.70. The van der Waals surface area contributed by atoms with Gasteiger partial charge in [0, 0.05) is 88.9 Å². The Bertz CT molecular complexity index is 1620. The maximum Gasteiger partial charge on any atom is 0.328 e. The fourth-order valence-corrected chi connectivity index (χ4v) is 7.41. The van der Waals surface area contributed by atoms with E-state index in [-0.39, 0.29) is 46.4 Å². The predicted octanol–water partition coefficient (Wildman–Crippen LogP) is 4.50. The molecule has 2 aliphatic rings. The molecule has 0 radical (unpaired) electrons. The van der Waals surface area contributed by atoms with Crippen LogP contribution in [0.5, 0.6) is 11.6 Å². The van der Waals surface area contributed by atoms with Crippen LogP contribution in [0.1, 0.15) is 77.1 Å². The van der Waals surface area contributed by atoms with E-state index >= 15 is 0 Å². The first kappa shape index (κ1) is 44.7. The fraction of sp³-hybridized carbons (Fsp3) is 0.615. The number of rotatable bonds is 18. The molecule has 0 bridgehead atoms. The van der Waals surface area contributed by atoms with E-state index in [9.17, 15) is 23.6 Å². The molecule has 2 saturated heterocycles. The highest BCUT2D eigenvalue weighted by molar-refractivity contribution is 5.97. The third kappa shape index (κ3) is 12.9. The Morgan fingerprint density at radius 2 is 1.69 bits per heavy atom. The van der Waals surface area contributed by atoms with Gasteiger partial charge in [-0.05, 0) is 78.2 Å². The summed E-state index contributed by atoms with van der Waals surface area (Å²) >= 11 is 0. The third-order valence-corrected chi connectivity index (χ3v) is 10.0. The molecule has 2 amide bonds. The number of aromatic nitrogens is 3. The number of aliphatic carboxylic acids is 2. The molecular formula is C39H59FN8O7. The molecule has 0 saturated carbocycles. The normalized spacial score (nSPS) is 16.1. The predicted molar refractivity (Wildman–Crippen MR) is 207 cm³/mol. The average molecular weight is 771 g/mol. The van der Waals surface area contributed by atoms with Gasteiger partial charge in [-0.15, -0.1) is 10.2 Å². The van der Waals surface area contributed by atoms with Gasteiger partial charge in [0.25, 0.3) is 11.8 Å². The molecule has 2 atom stereocenters. The number of carbonyl (C=O) groups excluding carboxylic acids is 2. The second kappa shape index (κ2) is 20.8. The van der Waals surface area contributed by atoms with Gasteiger partial charge < -0.3 is 34.5 Å². The minimum Gasteiger partial charge on any atom is -0.478 e. The van der Waals surface area contributed by atoms with Crippen LogP contribution < -0.4 is 9.64 Å². The molecule has 2 unspecified atom stereocenters. The second-order valence-corrected chi connectivity index (χ2v) is 15.1. The molecule has 55 heavy (non-hydrogen) atoms. The van der Waals surface area contributed by atoms with Gasteiger partial charge >= 0.3 is 11.9 Å². The topological polar surface area (TPSA) is 173 Å². The summed E-state index contributed by atoms with van der Waals surface area (Å²) in [5, 5.41) is 23.8. The van der Waals surface area contributed by atoms with E-state index in [1.165, 1.54) is 30.9 Å². The number of halogens is 1. The minimum absolute atomic E-state index is 0.00507. The summed E-state index contributed by atoms with van der Waals surface area (Å²) in [5.74, 6) is -2.12. The van der Waals surface area contributed by atoms with Crippen LogP contribution in [0.4, 0.5) is 10.2 Å². The van der Waals surface area contributed by atoms with Crippen LogP contribution in [-0.2, 0) is 14.4 Å². The number of anilines is 1. The molecule has 1 spiro atoms. The van der Waals surface area contributed by atoms with E-state index in [4.69, 9.17) is 14.9 Å². The number of hydrogen-bond donors (Lipinski definition) is 2. The average Bonchev–Trinajstić information content (AvgIpc) is 3.56. The van der Waals surface area contributed by atoms with Gasteiger partial charge in [0.15, 0.2) is 5.82 Å². The Morgan fingerprint density at radius 1 is 1.02 bits per heavy atom. The smallest absolute Gasteiger partial charge is 0.328 e. The maximum absolute atomic E-state index is 14.3. The molecule has 2 N–H and O–H groups in total. The lowest BCUT2D eigenvalue weighted by Gasteiger charge is -2.52. The van der Waals surface area contributed by atoms with Gasteiger partial charge in [0.1, 0.15) is 17.9 Å². The van der Waals surface area contributed by atoms with E-state index in [2.05, 4.69) is 43.9 Å². The summed E-state index contributed by atoms with van der Waals surface area (Å²) in [6.45, 7) is 16.0. The van der Waals surface area contributed by atoms with Crippen LogP contribution in [0.25, 0.3) is 0 Å². The summed E-state index contributed by atoms with van der Waals surface area (Å²) in [4.78, 5) is 59.8. The van der Waals surface area contributed by atoms with Gasteiger partial charge in [-0.1, -0.05) is 20.3 Å². The number of carboxylic acid groups (broad SMARTS) is 2. The zero-order valence-corrected chi connectivity index (χ0v) is 33.6. The number of ether oxygens (including phenoxy) is 1. The number of amides is 2. The highest BCUT2D eigenvalue weighted by Gasteiger charge is 2.50. The lowest BCUT2D eigenvalue weighted by Crippen LogP contribution is -2.60. The number of carboxylic acids is 2. The monoisotopic (exact) mass is 770 g/mol. The van der Waals surface area contributed by atoms with Gasteiger partial charge in [-0.3, -0.25) is 14.5 Å². The van der Waals surface area contributed by atoms with Crippen molar-refractivity contribution in [2.45, 2.75) is 78.8 Å². The van der Waals surface area contributed by atoms with Crippen LogP contribution >= 0.6 is 0 Å². The van der Waals surface area contributed by atoms with E-state index in [0.717, 1.165) is 65.0 Å². The quantitative estimate of drug-likeness (QED) is 0.203. The molecule has 3 heterocycles. The van der Waals surface area contributed by atoms with Gasteiger partial charge in [-0.2, -0.15) is 0 Å². The summed E-state index contributed by atoms with van der Waals surface area (Å²) in [6.07, 6.45) is 8.16. The van der Waals surface area contributed by atoms with Gasteiger partial charge in [0.2, 0.25) is 5.91 Å². The van der Waals surface area contributed by atoms with Crippen LogP contribution in [0, 0.1) is 17.2 Å². The Labute approximate surface area is 324 Å². The number of likely N-dealkylation sites (tertiary alicyclic amines) is 1. The molecule has 2 aliphatic heterocycles. The highest BCUT2D eigenvalue weighted by atomic mass is 19.1. The van der Waals surface area contributed by atoms with Crippen molar-refractivity contribution in [1.82, 2.24) is 34.8 Å². The zero-order valence-electron chi connectivity index (χ0n) is 33.6. The molecule has 2 aromatic rings. The SMILES string of the molecule is CCCC(CCCN(C)CC(C)C(=O)N(C)C)N1CC2(CCN(c3ncnnc3Oc3ccc(F)cc3C(=O)N(CC)C(C)C)C2)C1.O=C(O)/C=C/C(=O)O. The number of carbonyl (C=O) groups is 4. The summed E-state index contributed by atoms with van der Waals surface area (Å²) < 4.78 is 20.5. The number of benzene rings is 1. The largest absolute Gasteiger partial charge is 0.478 e. The fourth-order valence-electron chi connectivity index (χ4n) is 7.41. The van der Waals surface area contributed by atoms with E-state index in [0.29, 0.717) is 30.6 Å². The van der Waals surface area contributed by atoms with Crippen molar-refractivity contribution in [2.75, 3.05) is 71.9 Å². The van der Waals surface area contributed by atoms with Crippen molar-refractivity contribution in [2.24, 2.45) is 11.3 Å². The first-order valence-corrected chi connectivity index (χ1v) is 19.0. The highest BCUT2D eigenvalue weighted by Crippen LogP contribution is 2.44. The minimum atomic E-state index is -1.26. The first-order chi connectivity index (χ1) is 26.0. The van der Waals surface area contributed by atoms with Crippen LogP contribution in [0.3, 0.4) is 0 Å². The molecule has 0 aliphatic carbocycles. The van der Waals surface area contributed by atoms with Crippen molar-refractivity contribution in [3.63, 3.8) is 0 Å². The van der Waals surface area contributed by atoms with Crippen LogP contribution in [0.15, 0.2) is 36.7 Å². The second-order valence-electron chi connectivity index (χ2n) is 15.1. The van der Waals surface area contributed by atoms with Crippen molar-refractivity contribution < 1.29 is 38.5 Å². The number of nitrogens with zero attached hydrogens (tertiary/aromatic N) is 8. The summed E-state index contributed by atoms with van der Waals surface area (Å²) in [5.41, 5.74) is 0.331. The molecule has 15 nitrogen and oxygen atoms in total. The lowest BCUT2D eigenvalue weighted by molar-refractivity contribution is -0.134. The standard InChI is InChI=1S/C35H55FN8O3.C4H4O4/c1-9-12-28(13-11-17-41(8)20-26(5)33(45)40(6)7)43-22-35(23-43)16-18-42(21-35)31-32(39-38-24-37-31)47-30-15-14-27(36)19-29(30)34(46)44(10-2)25(3)4;5-3(6)1-2-4(7)8/h14-15,19,24-26,28H,9-13,16-18,20-23H2,1-8H3;1-2H,(H,5,6)(H,7,8)/b;2-1+. The van der Waals surface area contributed by atoms with E-state index < -0.39 is 17.8 Å². The van der Waals surface area contributed by atoms with Crippen molar-refractivity contribution in [3.8, 4) is 11.6 Å². The molecule has 1 aromatic heterocycles. The summed E-state index contributed by atoms with van der Waals surface area (Å²) in [7, 11) is 5.74. The molecule has 16 heteroatoms. The van der Waals surface area contributed by atoms with Crippen LogP contribution in [-0.4, -0.2) is 148 Å². The number of hydrogen-bond acceptors (Lipinski definition) is 11. The molecular weight excluding hydrogens is 711 g/mol. The first-order valence-electron chi connectivity index (χ1n) is 19.0. The maximum atomic E-state index is 14.3. The summed E-state index contributed by atoms with van der Waals surface area (Å²) in [6, 6.07) is 4.48. The van der Waals surface area contributed by atoms with E-state index in [1.807, 2.05) is 41.8 Å². The van der Waals surface area contributed by atoms with E-state index in [1.54, 1.807) is 9.80 Å². The Morgan fingerprint density at radius 3 is 2.27 bits per heavy atom. The van der Waals surface area contributed by atoms with Gasteiger partial charge in [-0.25, -0.2) is 19.0 Å². The Kier molecular flexibility index (Phi) is 16.9. The van der Waals surface area contributed by atoms with Crippen molar-refractivity contribution >= 4 is 29.6 Å². The molecule has 4 rings (SSSR count). The zero-order chi connectivity index (χ0) is 40.9. The molecule has 1 aromatic carbocycles. The lowest BCUT2D eigenvalue weighted by atomic mass is 9.77. The van der Waals surface area contributed by atoms with Crippen molar-refractivity contribution in [1.29, 1.82) is 0 Å². The third-order valence-electron chi connectivity index (χ3n) is 10.0. The Balaban J connectivity index is 0.000000912. The molecule has 2 fully saturated rings. The van der Waals surface area contributed by atoms with Crippen LogP contribution in [0.2, 0.25) is 0 Å². The van der Waals surface area contributed by atoms with Crippen molar-refractivity contribution in [3.05, 3.63) is 48.1 Å².